The largest absolute Gasteiger partial charge is 0.0853 e. The molecule has 0 nitrogen and oxygen atoms in total. The van der Waals surface area contributed by atoms with Crippen LogP contribution in [-0.4, -0.2) is 0 Å². The van der Waals surface area contributed by atoms with E-state index >= 15 is 0 Å². The number of hydrogen-bond acceptors (Lipinski definition) is 0. The lowest BCUT2D eigenvalue weighted by molar-refractivity contribution is 0.610. The Morgan fingerprint density at radius 3 is 2.13 bits per heavy atom. The van der Waals surface area contributed by atoms with Crippen molar-refractivity contribution in [2.24, 2.45) is 0 Å². The van der Waals surface area contributed by atoms with Gasteiger partial charge in [-0.05, 0) is 32.6 Å². The molecule has 0 atom stereocenters. The van der Waals surface area contributed by atoms with E-state index in [9.17, 15) is 0 Å². The summed E-state index contributed by atoms with van der Waals surface area (Å²) >= 11 is 0. The van der Waals surface area contributed by atoms with Crippen molar-refractivity contribution in [1.82, 2.24) is 0 Å². The highest BCUT2D eigenvalue weighted by Crippen LogP contribution is 2.11. The van der Waals surface area contributed by atoms with E-state index in [2.05, 4.69) is 26.8 Å². The number of hydrogen-bond donors (Lipinski definition) is 0. The first kappa shape index (κ1) is 14.7. The zero-order valence-corrected chi connectivity index (χ0v) is 10.9. The Kier molecular flexibility index (Phi) is 11.6. The van der Waals surface area contributed by atoms with Gasteiger partial charge >= 0.3 is 0 Å². The van der Waals surface area contributed by atoms with Gasteiger partial charge in [0.25, 0.3) is 0 Å². The van der Waals surface area contributed by atoms with Crippen LogP contribution in [0.3, 0.4) is 0 Å². The van der Waals surface area contributed by atoms with Crippen LogP contribution in [0.2, 0.25) is 0 Å². The van der Waals surface area contributed by atoms with Crippen LogP contribution in [-0.2, 0) is 0 Å². The number of allylic oxidation sites excluding steroid dienone is 2. The average molecular weight is 209 g/mol. The molecular weight excluding hydrogens is 180 g/mol. The Morgan fingerprint density at radius 1 is 0.867 bits per heavy atom. The predicted molar refractivity (Wildman–Crippen MR) is 71.0 cm³/mol. The third-order valence-electron chi connectivity index (χ3n) is 2.84. The summed E-state index contributed by atoms with van der Waals surface area (Å²) in [5.74, 6) is 0. The van der Waals surface area contributed by atoms with E-state index in [1.807, 2.05) is 0 Å². The Bertz CT molecular complexity index is 144. The molecule has 0 aliphatic heterocycles. The smallest absolute Gasteiger partial charge is 0.0283 e. The molecule has 89 valence electrons. The van der Waals surface area contributed by atoms with E-state index < -0.39 is 0 Å². The normalized spacial score (nSPS) is 12.1. The van der Waals surface area contributed by atoms with Gasteiger partial charge in [0.2, 0.25) is 0 Å². The highest BCUT2D eigenvalue weighted by molar-refractivity contribution is 5.04. The maximum atomic E-state index is 4.08. The van der Waals surface area contributed by atoms with Gasteiger partial charge in [0.05, 0.1) is 0 Å². The van der Waals surface area contributed by atoms with E-state index in [1.165, 1.54) is 69.8 Å². The molecule has 15 heavy (non-hydrogen) atoms. The van der Waals surface area contributed by atoms with Crippen molar-refractivity contribution in [2.45, 2.75) is 78.1 Å². The first-order valence-corrected chi connectivity index (χ1v) is 6.82. The summed E-state index contributed by atoms with van der Waals surface area (Å²) in [4.78, 5) is 0. The van der Waals surface area contributed by atoms with Crippen LogP contribution in [0.25, 0.3) is 0 Å². The molecule has 0 spiro atoms. The monoisotopic (exact) mass is 209 g/mol. The van der Waals surface area contributed by atoms with Crippen molar-refractivity contribution in [1.29, 1.82) is 0 Å². The SMILES string of the molecule is [CH2]C(=CCCCCCCCC)CCCC. The Labute approximate surface area is 97.2 Å². The molecule has 0 aromatic rings. The van der Waals surface area contributed by atoms with Gasteiger partial charge in [-0.3, -0.25) is 0 Å². The lowest BCUT2D eigenvalue weighted by Gasteiger charge is -2.00. The van der Waals surface area contributed by atoms with Gasteiger partial charge in [-0.15, -0.1) is 0 Å². The summed E-state index contributed by atoms with van der Waals surface area (Å²) in [6.07, 6.45) is 15.7. The summed E-state index contributed by atoms with van der Waals surface area (Å²) in [5.41, 5.74) is 1.35. The molecule has 0 aromatic heterocycles. The fraction of sp³-hybridized carbons (Fsp3) is 0.800. The zero-order valence-electron chi connectivity index (χ0n) is 10.9. The minimum atomic E-state index is 1.20. The lowest BCUT2D eigenvalue weighted by atomic mass is 10.1. The minimum absolute atomic E-state index is 1.20. The van der Waals surface area contributed by atoms with Gasteiger partial charge in [-0.1, -0.05) is 64.0 Å². The van der Waals surface area contributed by atoms with Gasteiger partial charge < -0.3 is 0 Å². The minimum Gasteiger partial charge on any atom is -0.0853 e. The number of rotatable bonds is 10. The molecule has 0 fully saturated rings. The van der Waals surface area contributed by atoms with Crippen molar-refractivity contribution in [3.63, 3.8) is 0 Å². The standard InChI is InChI=1S/C15H29/c1-4-6-8-9-10-11-12-14-15(3)13-7-5-2/h14H,3-13H2,1-2H3. The second kappa shape index (κ2) is 11.8. The van der Waals surface area contributed by atoms with Crippen molar-refractivity contribution < 1.29 is 0 Å². The van der Waals surface area contributed by atoms with Crippen LogP contribution in [0.5, 0.6) is 0 Å². The molecule has 0 unspecified atom stereocenters. The van der Waals surface area contributed by atoms with E-state index in [1.54, 1.807) is 0 Å². The highest BCUT2D eigenvalue weighted by atomic mass is 14.0. The van der Waals surface area contributed by atoms with Crippen LogP contribution in [0.1, 0.15) is 78.1 Å². The molecule has 0 heterocycles. The molecule has 0 aliphatic carbocycles. The van der Waals surface area contributed by atoms with Gasteiger partial charge in [-0.2, -0.15) is 0 Å². The molecule has 0 aromatic carbocycles. The number of unbranched alkanes of at least 4 members (excludes halogenated alkanes) is 7. The van der Waals surface area contributed by atoms with Crippen LogP contribution in [0.4, 0.5) is 0 Å². The third kappa shape index (κ3) is 11.7. The Balaban J connectivity index is 3.20. The second-order valence-electron chi connectivity index (χ2n) is 4.52. The summed E-state index contributed by atoms with van der Waals surface area (Å²) in [6, 6.07) is 0. The molecule has 0 heteroatoms. The topological polar surface area (TPSA) is 0 Å². The van der Waals surface area contributed by atoms with Crippen molar-refractivity contribution in [2.75, 3.05) is 0 Å². The molecule has 0 aliphatic rings. The van der Waals surface area contributed by atoms with Crippen molar-refractivity contribution in [3.8, 4) is 0 Å². The van der Waals surface area contributed by atoms with E-state index in [0.717, 1.165) is 0 Å². The summed E-state index contributed by atoms with van der Waals surface area (Å²) in [6.45, 7) is 8.59. The maximum absolute atomic E-state index is 4.08. The van der Waals surface area contributed by atoms with E-state index in [4.69, 9.17) is 0 Å². The Hall–Kier alpha value is -0.260. The molecule has 1 radical (unpaired) electrons. The van der Waals surface area contributed by atoms with E-state index in [-0.39, 0.29) is 0 Å². The van der Waals surface area contributed by atoms with Crippen LogP contribution in [0, 0.1) is 6.92 Å². The van der Waals surface area contributed by atoms with Gasteiger partial charge in [0, 0.05) is 0 Å². The van der Waals surface area contributed by atoms with Crippen LogP contribution < -0.4 is 0 Å². The van der Waals surface area contributed by atoms with Crippen molar-refractivity contribution in [3.05, 3.63) is 18.6 Å². The predicted octanol–water partition coefficient (Wildman–Crippen LogP) is 5.69. The quantitative estimate of drug-likeness (QED) is 0.406. The first-order chi connectivity index (χ1) is 7.31. The van der Waals surface area contributed by atoms with Gasteiger partial charge in [-0.25, -0.2) is 0 Å². The first-order valence-electron chi connectivity index (χ1n) is 6.82. The molecule has 0 bridgehead atoms. The molecule has 0 rings (SSSR count). The average Bonchev–Trinajstić information content (AvgIpc) is 2.25. The lowest BCUT2D eigenvalue weighted by Crippen LogP contribution is -1.81. The van der Waals surface area contributed by atoms with Gasteiger partial charge in [0.1, 0.15) is 0 Å². The van der Waals surface area contributed by atoms with E-state index in [0.29, 0.717) is 0 Å². The fourth-order valence-electron chi connectivity index (χ4n) is 1.74. The molecule has 0 saturated carbocycles. The van der Waals surface area contributed by atoms with Crippen LogP contribution >= 0.6 is 0 Å². The maximum Gasteiger partial charge on any atom is -0.0283 e. The molecule has 0 N–H and O–H groups in total. The highest BCUT2D eigenvalue weighted by Gasteiger charge is 1.91. The van der Waals surface area contributed by atoms with Crippen LogP contribution in [0.15, 0.2) is 11.6 Å². The fourth-order valence-corrected chi connectivity index (χ4v) is 1.74. The zero-order chi connectivity index (χ0) is 11.4. The third-order valence-corrected chi connectivity index (χ3v) is 2.84. The molecular formula is C15H29. The summed E-state index contributed by atoms with van der Waals surface area (Å²) in [7, 11) is 0. The second-order valence-corrected chi connectivity index (χ2v) is 4.52. The van der Waals surface area contributed by atoms with Gasteiger partial charge in [0.15, 0.2) is 0 Å². The molecule has 0 amide bonds. The molecule has 0 saturated heterocycles. The Morgan fingerprint density at radius 2 is 1.47 bits per heavy atom. The summed E-state index contributed by atoms with van der Waals surface area (Å²) < 4.78 is 0. The van der Waals surface area contributed by atoms with Crippen molar-refractivity contribution >= 4 is 0 Å². The summed E-state index contributed by atoms with van der Waals surface area (Å²) in [5, 5.41) is 0.